The molecule has 0 rings (SSSR count). The van der Waals surface area contributed by atoms with Crippen molar-refractivity contribution in [2.75, 3.05) is 6.61 Å². The zero-order valence-corrected chi connectivity index (χ0v) is 8.92. The Kier molecular flexibility index (Phi) is 6.16. The van der Waals surface area contributed by atoms with Crippen LogP contribution in [0.3, 0.4) is 0 Å². The van der Waals surface area contributed by atoms with Crippen LogP contribution >= 0.6 is 0 Å². The summed E-state index contributed by atoms with van der Waals surface area (Å²) in [5.74, 6) is 0. The van der Waals surface area contributed by atoms with Gasteiger partial charge in [-0.15, -0.1) is 0 Å². The summed E-state index contributed by atoms with van der Waals surface area (Å²) in [6.07, 6.45) is -6.02. The number of hydrogen-bond acceptors (Lipinski definition) is 3. The Morgan fingerprint density at radius 3 is 2.27 bits per heavy atom. The molecule has 0 aliphatic carbocycles. The predicted molar refractivity (Wildman–Crippen MR) is 50.4 cm³/mol. The average molecular weight is 229 g/mol. The zero-order valence-electron chi connectivity index (χ0n) is 8.92. The highest BCUT2D eigenvalue weighted by Gasteiger charge is 2.39. The van der Waals surface area contributed by atoms with Gasteiger partial charge in [0.05, 0.1) is 12.7 Å². The maximum absolute atomic E-state index is 12.1. The normalized spacial score (nSPS) is 18.6. The quantitative estimate of drug-likeness (QED) is 0.724. The highest BCUT2D eigenvalue weighted by Crippen LogP contribution is 2.24. The second-order valence-corrected chi connectivity index (χ2v) is 3.49. The molecule has 3 nitrogen and oxygen atoms in total. The van der Waals surface area contributed by atoms with Crippen molar-refractivity contribution in [3.05, 3.63) is 0 Å². The topological polar surface area (TPSA) is 55.5 Å². The summed E-state index contributed by atoms with van der Waals surface area (Å²) in [6, 6.07) is -0.565. The van der Waals surface area contributed by atoms with Crippen LogP contribution in [0.1, 0.15) is 26.7 Å². The van der Waals surface area contributed by atoms with Crippen LogP contribution in [0.15, 0.2) is 0 Å². The molecule has 92 valence electrons. The predicted octanol–water partition coefficient (Wildman–Crippen LogP) is 1.44. The summed E-state index contributed by atoms with van der Waals surface area (Å²) >= 11 is 0. The van der Waals surface area contributed by atoms with Gasteiger partial charge in [0, 0.05) is 6.04 Å². The molecule has 3 unspecified atom stereocenters. The van der Waals surface area contributed by atoms with Crippen LogP contribution in [0.25, 0.3) is 0 Å². The zero-order chi connectivity index (χ0) is 12.1. The number of nitrogens with two attached hydrogens (primary N) is 1. The van der Waals surface area contributed by atoms with Crippen molar-refractivity contribution in [1.82, 2.24) is 0 Å². The largest absolute Gasteiger partial charge is 0.414 e. The van der Waals surface area contributed by atoms with Gasteiger partial charge < -0.3 is 15.6 Å². The van der Waals surface area contributed by atoms with Crippen LogP contribution < -0.4 is 5.73 Å². The number of ether oxygens (including phenoxy) is 1. The molecule has 0 spiro atoms. The lowest BCUT2D eigenvalue weighted by Crippen LogP contribution is -2.44. The van der Waals surface area contributed by atoms with E-state index in [1.54, 1.807) is 0 Å². The lowest BCUT2D eigenvalue weighted by Gasteiger charge is -2.26. The van der Waals surface area contributed by atoms with Gasteiger partial charge in [0.15, 0.2) is 6.10 Å². The van der Waals surface area contributed by atoms with Crippen molar-refractivity contribution in [3.8, 4) is 0 Å². The van der Waals surface area contributed by atoms with Crippen LogP contribution in [-0.2, 0) is 4.74 Å². The Morgan fingerprint density at radius 1 is 1.40 bits per heavy atom. The number of halogens is 3. The molecule has 0 bridgehead atoms. The lowest BCUT2D eigenvalue weighted by atomic mass is 10.1. The molecular weight excluding hydrogens is 211 g/mol. The first kappa shape index (κ1) is 14.7. The van der Waals surface area contributed by atoms with Gasteiger partial charge in [0.25, 0.3) is 0 Å². The van der Waals surface area contributed by atoms with Crippen LogP contribution in [0.5, 0.6) is 0 Å². The second kappa shape index (κ2) is 6.30. The summed E-state index contributed by atoms with van der Waals surface area (Å²) in [5.41, 5.74) is 5.58. The van der Waals surface area contributed by atoms with Crippen LogP contribution in [0.2, 0.25) is 0 Å². The maximum Gasteiger partial charge on any atom is 0.414 e. The van der Waals surface area contributed by atoms with E-state index in [4.69, 9.17) is 10.8 Å². The number of aliphatic hydroxyl groups is 1. The molecule has 0 aromatic rings. The molecule has 6 heteroatoms. The molecule has 0 aliphatic rings. The van der Waals surface area contributed by atoms with Crippen LogP contribution in [-0.4, -0.2) is 36.1 Å². The van der Waals surface area contributed by atoms with Crippen molar-refractivity contribution in [2.24, 2.45) is 5.73 Å². The first-order chi connectivity index (χ1) is 6.82. The van der Waals surface area contributed by atoms with E-state index in [9.17, 15) is 13.2 Å². The SMILES string of the molecule is CCCC(N)C(CO)OC(C)C(F)(F)F. The minimum atomic E-state index is -4.42. The van der Waals surface area contributed by atoms with Gasteiger partial charge in [0.1, 0.15) is 0 Å². The number of rotatable bonds is 6. The van der Waals surface area contributed by atoms with Crippen molar-refractivity contribution in [2.45, 2.75) is 51.1 Å². The summed E-state index contributed by atoms with van der Waals surface area (Å²) in [5, 5.41) is 8.87. The van der Waals surface area contributed by atoms with Crippen molar-refractivity contribution in [1.29, 1.82) is 0 Å². The van der Waals surface area contributed by atoms with Gasteiger partial charge in [0.2, 0.25) is 0 Å². The minimum absolute atomic E-state index is 0.498. The van der Waals surface area contributed by atoms with E-state index in [0.29, 0.717) is 6.42 Å². The summed E-state index contributed by atoms with van der Waals surface area (Å²) in [6.45, 7) is 2.27. The van der Waals surface area contributed by atoms with E-state index in [-0.39, 0.29) is 0 Å². The van der Waals surface area contributed by atoms with E-state index < -0.39 is 31.0 Å². The fourth-order valence-electron chi connectivity index (χ4n) is 1.14. The Bertz CT molecular complexity index is 175. The monoisotopic (exact) mass is 229 g/mol. The second-order valence-electron chi connectivity index (χ2n) is 3.49. The number of hydrogen-bond donors (Lipinski definition) is 2. The molecule has 0 radical (unpaired) electrons. The summed E-state index contributed by atoms with van der Waals surface area (Å²) in [4.78, 5) is 0. The molecule has 3 N–H and O–H groups in total. The molecule has 0 fully saturated rings. The lowest BCUT2D eigenvalue weighted by molar-refractivity contribution is -0.231. The molecule has 0 heterocycles. The third-order valence-electron chi connectivity index (χ3n) is 2.12. The Labute approximate surface area is 87.4 Å². The Hall–Kier alpha value is -0.330. The first-order valence-corrected chi connectivity index (χ1v) is 4.91. The summed E-state index contributed by atoms with van der Waals surface area (Å²) < 4.78 is 41.1. The van der Waals surface area contributed by atoms with E-state index in [2.05, 4.69) is 4.74 Å². The standard InChI is InChI=1S/C9H18F3NO2/c1-3-4-7(13)8(5-14)15-6(2)9(10,11)12/h6-8,14H,3-5,13H2,1-2H3. The number of aliphatic hydroxyl groups excluding tert-OH is 1. The van der Waals surface area contributed by atoms with Crippen molar-refractivity contribution in [3.63, 3.8) is 0 Å². The summed E-state index contributed by atoms with van der Waals surface area (Å²) in [7, 11) is 0. The van der Waals surface area contributed by atoms with Crippen LogP contribution in [0, 0.1) is 0 Å². The van der Waals surface area contributed by atoms with Gasteiger partial charge >= 0.3 is 6.18 Å². The fourth-order valence-corrected chi connectivity index (χ4v) is 1.14. The van der Waals surface area contributed by atoms with E-state index in [1.165, 1.54) is 0 Å². The molecule has 15 heavy (non-hydrogen) atoms. The smallest absolute Gasteiger partial charge is 0.394 e. The van der Waals surface area contributed by atoms with Crippen LogP contribution in [0.4, 0.5) is 13.2 Å². The van der Waals surface area contributed by atoms with Crippen molar-refractivity contribution < 1.29 is 23.0 Å². The van der Waals surface area contributed by atoms with E-state index in [0.717, 1.165) is 13.3 Å². The van der Waals surface area contributed by atoms with E-state index in [1.807, 2.05) is 6.92 Å². The van der Waals surface area contributed by atoms with Gasteiger partial charge in [-0.2, -0.15) is 13.2 Å². The minimum Gasteiger partial charge on any atom is -0.394 e. The van der Waals surface area contributed by atoms with Gasteiger partial charge in [-0.1, -0.05) is 13.3 Å². The molecule has 0 amide bonds. The average Bonchev–Trinajstić information content (AvgIpc) is 2.12. The number of alkyl halides is 3. The van der Waals surface area contributed by atoms with Gasteiger partial charge in [-0.3, -0.25) is 0 Å². The molecule has 0 aromatic heterocycles. The molecule has 0 aromatic carbocycles. The Balaban J connectivity index is 4.20. The van der Waals surface area contributed by atoms with Crippen molar-refractivity contribution >= 4 is 0 Å². The highest BCUT2D eigenvalue weighted by atomic mass is 19.4. The fraction of sp³-hybridized carbons (Fsp3) is 1.00. The van der Waals surface area contributed by atoms with Gasteiger partial charge in [-0.25, -0.2) is 0 Å². The highest BCUT2D eigenvalue weighted by molar-refractivity contribution is 4.75. The molecule has 0 saturated heterocycles. The third-order valence-corrected chi connectivity index (χ3v) is 2.12. The first-order valence-electron chi connectivity index (χ1n) is 4.91. The maximum atomic E-state index is 12.1. The molecule has 3 atom stereocenters. The van der Waals surface area contributed by atoms with Gasteiger partial charge in [-0.05, 0) is 13.3 Å². The molecule has 0 saturated carbocycles. The molecular formula is C9H18F3NO2. The third kappa shape index (κ3) is 5.34. The Morgan fingerprint density at radius 2 is 1.93 bits per heavy atom. The van der Waals surface area contributed by atoms with E-state index >= 15 is 0 Å². The molecule has 0 aliphatic heterocycles.